The highest BCUT2D eigenvalue weighted by Gasteiger charge is 2.50. The summed E-state index contributed by atoms with van der Waals surface area (Å²) in [6.07, 6.45) is 4.90. The van der Waals surface area contributed by atoms with E-state index in [-0.39, 0.29) is 36.1 Å². The van der Waals surface area contributed by atoms with Crippen LogP contribution in [0.1, 0.15) is 57.9 Å². The fourth-order valence-corrected chi connectivity index (χ4v) is 4.80. The number of benzene rings is 1. The second-order valence-corrected chi connectivity index (χ2v) is 8.57. The molecular weight excluding hydrogens is 366 g/mol. The maximum atomic E-state index is 13.3. The van der Waals surface area contributed by atoms with Crippen LogP contribution in [0, 0.1) is 5.92 Å². The molecule has 156 valence electrons. The minimum Gasteiger partial charge on any atom is -0.354 e. The fourth-order valence-electron chi connectivity index (χ4n) is 4.80. The van der Waals surface area contributed by atoms with E-state index in [1.807, 2.05) is 36.9 Å². The van der Waals surface area contributed by atoms with Gasteiger partial charge in [-0.1, -0.05) is 43.2 Å². The molecular formula is C22H31N5O2. The van der Waals surface area contributed by atoms with Crippen LogP contribution in [0.4, 0.5) is 0 Å². The zero-order valence-corrected chi connectivity index (χ0v) is 17.3. The van der Waals surface area contributed by atoms with E-state index >= 15 is 0 Å². The Balaban J connectivity index is 1.52. The SMILES string of the molecule is CC(C)NC(=O)CCC1=NNC2N(Cc3ccccc3)C(=O)C3CCCCC3N12. The van der Waals surface area contributed by atoms with Crippen LogP contribution in [0.25, 0.3) is 0 Å². The van der Waals surface area contributed by atoms with Gasteiger partial charge in [-0.2, -0.15) is 5.10 Å². The Hall–Kier alpha value is -2.57. The first-order valence-electron chi connectivity index (χ1n) is 10.8. The highest BCUT2D eigenvalue weighted by atomic mass is 16.2. The summed E-state index contributed by atoms with van der Waals surface area (Å²) in [6, 6.07) is 10.4. The van der Waals surface area contributed by atoms with E-state index < -0.39 is 0 Å². The van der Waals surface area contributed by atoms with E-state index in [0.717, 1.165) is 37.1 Å². The van der Waals surface area contributed by atoms with Gasteiger partial charge in [0.1, 0.15) is 5.84 Å². The third-order valence-electron chi connectivity index (χ3n) is 6.07. The average Bonchev–Trinajstić information content (AvgIpc) is 3.14. The van der Waals surface area contributed by atoms with Gasteiger partial charge >= 0.3 is 0 Å². The van der Waals surface area contributed by atoms with Crippen molar-refractivity contribution in [1.29, 1.82) is 0 Å². The summed E-state index contributed by atoms with van der Waals surface area (Å²) < 4.78 is 0. The van der Waals surface area contributed by atoms with Crippen molar-refractivity contribution < 1.29 is 9.59 Å². The van der Waals surface area contributed by atoms with Gasteiger partial charge in [0.05, 0.1) is 5.92 Å². The molecule has 4 rings (SSSR count). The topological polar surface area (TPSA) is 77.0 Å². The molecule has 1 aromatic rings. The normalized spacial score (nSPS) is 26.0. The molecule has 0 aromatic heterocycles. The predicted octanol–water partition coefficient (Wildman–Crippen LogP) is 2.39. The molecule has 1 aromatic carbocycles. The van der Waals surface area contributed by atoms with Crippen LogP contribution in [-0.4, -0.2) is 45.8 Å². The first-order valence-corrected chi connectivity index (χ1v) is 10.8. The molecule has 7 heteroatoms. The third kappa shape index (κ3) is 4.09. The van der Waals surface area contributed by atoms with Gasteiger partial charge in [0.2, 0.25) is 11.8 Å². The Labute approximate surface area is 172 Å². The summed E-state index contributed by atoms with van der Waals surface area (Å²) in [4.78, 5) is 29.7. The van der Waals surface area contributed by atoms with Crippen molar-refractivity contribution in [3.63, 3.8) is 0 Å². The Bertz CT molecular complexity index is 779. The summed E-state index contributed by atoms with van der Waals surface area (Å²) in [6.45, 7) is 4.49. The first kappa shape index (κ1) is 19.7. The summed E-state index contributed by atoms with van der Waals surface area (Å²) in [5, 5.41) is 7.51. The summed E-state index contributed by atoms with van der Waals surface area (Å²) >= 11 is 0. The molecule has 3 atom stereocenters. The molecule has 0 bridgehead atoms. The van der Waals surface area contributed by atoms with Gasteiger partial charge < -0.3 is 10.2 Å². The highest BCUT2D eigenvalue weighted by Crippen LogP contribution is 2.38. The van der Waals surface area contributed by atoms with E-state index in [1.165, 1.54) is 0 Å². The van der Waals surface area contributed by atoms with Crippen molar-refractivity contribution >= 4 is 17.6 Å². The van der Waals surface area contributed by atoms with Crippen LogP contribution in [-0.2, 0) is 16.1 Å². The second kappa shape index (κ2) is 8.43. The lowest BCUT2D eigenvalue weighted by molar-refractivity contribution is -0.156. The lowest BCUT2D eigenvalue weighted by atomic mass is 9.80. The summed E-state index contributed by atoms with van der Waals surface area (Å²) in [7, 11) is 0. The minimum atomic E-state index is -0.259. The largest absolute Gasteiger partial charge is 0.354 e. The van der Waals surface area contributed by atoms with E-state index in [2.05, 4.69) is 32.9 Å². The van der Waals surface area contributed by atoms with Gasteiger partial charge in [0.15, 0.2) is 6.29 Å². The highest BCUT2D eigenvalue weighted by molar-refractivity contribution is 5.91. The number of amidine groups is 1. The maximum Gasteiger partial charge on any atom is 0.231 e. The average molecular weight is 398 g/mol. The Morgan fingerprint density at radius 3 is 2.76 bits per heavy atom. The molecule has 3 aliphatic rings. The molecule has 2 heterocycles. The standard InChI is InChI=1S/C22H31N5O2/c1-15(2)23-20(28)13-12-19-24-25-22-26(14-16-8-4-3-5-9-16)21(29)17-10-6-7-11-18(17)27(19)22/h3-5,8-9,15,17-18,22,25H,6-7,10-14H2,1-2H3,(H,23,28). The molecule has 29 heavy (non-hydrogen) atoms. The number of fused-ring (bicyclic) bond motifs is 3. The predicted molar refractivity (Wildman–Crippen MR) is 111 cm³/mol. The third-order valence-corrected chi connectivity index (χ3v) is 6.07. The zero-order valence-electron chi connectivity index (χ0n) is 17.3. The maximum absolute atomic E-state index is 13.3. The molecule has 1 saturated carbocycles. The van der Waals surface area contributed by atoms with Crippen LogP contribution < -0.4 is 10.7 Å². The molecule has 1 aliphatic carbocycles. The van der Waals surface area contributed by atoms with Crippen LogP contribution in [0.2, 0.25) is 0 Å². The van der Waals surface area contributed by atoms with Gasteiger partial charge in [-0.05, 0) is 32.3 Å². The smallest absolute Gasteiger partial charge is 0.231 e. The van der Waals surface area contributed by atoms with Crippen molar-refractivity contribution in [2.75, 3.05) is 0 Å². The number of amides is 2. The minimum absolute atomic E-state index is 0.0123. The van der Waals surface area contributed by atoms with Crippen LogP contribution in [0.3, 0.4) is 0 Å². The lowest BCUT2D eigenvalue weighted by Gasteiger charge is -2.50. The number of hydrogen-bond acceptors (Lipinski definition) is 5. The quantitative estimate of drug-likeness (QED) is 0.773. The fraction of sp³-hybridized carbons (Fsp3) is 0.591. The second-order valence-electron chi connectivity index (χ2n) is 8.57. The molecule has 1 saturated heterocycles. The molecule has 2 aliphatic heterocycles. The molecule has 3 unspecified atom stereocenters. The number of carbonyl (C=O) groups is 2. The number of nitrogens with one attached hydrogen (secondary N) is 2. The van der Waals surface area contributed by atoms with E-state index in [0.29, 0.717) is 19.4 Å². The number of rotatable bonds is 6. The summed E-state index contributed by atoms with van der Waals surface area (Å²) in [5.74, 6) is 1.18. The number of nitrogens with zero attached hydrogens (tertiary/aromatic N) is 3. The number of carbonyl (C=O) groups excluding carboxylic acids is 2. The Kier molecular flexibility index (Phi) is 5.74. The van der Waals surface area contributed by atoms with E-state index in [4.69, 9.17) is 0 Å². The monoisotopic (exact) mass is 397 g/mol. The molecule has 0 spiro atoms. The molecule has 2 N–H and O–H groups in total. The molecule has 2 amide bonds. The molecule has 2 fully saturated rings. The first-order chi connectivity index (χ1) is 14.0. The Morgan fingerprint density at radius 2 is 2.00 bits per heavy atom. The van der Waals surface area contributed by atoms with Crippen molar-refractivity contribution in [1.82, 2.24) is 20.5 Å². The van der Waals surface area contributed by atoms with Crippen LogP contribution in [0.5, 0.6) is 0 Å². The van der Waals surface area contributed by atoms with Crippen molar-refractivity contribution in [3.8, 4) is 0 Å². The number of hydrogen-bond donors (Lipinski definition) is 2. The number of hydrazone groups is 1. The van der Waals surface area contributed by atoms with E-state index in [9.17, 15) is 9.59 Å². The Morgan fingerprint density at radius 1 is 1.24 bits per heavy atom. The van der Waals surface area contributed by atoms with Crippen molar-refractivity contribution in [2.24, 2.45) is 11.0 Å². The summed E-state index contributed by atoms with van der Waals surface area (Å²) in [5.41, 5.74) is 4.31. The van der Waals surface area contributed by atoms with Crippen molar-refractivity contribution in [2.45, 2.75) is 77.3 Å². The van der Waals surface area contributed by atoms with Gasteiger partial charge in [-0.3, -0.25) is 19.9 Å². The van der Waals surface area contributed by atoms with Crippen LogP contribution in [0.15, 0.2) is 35.4 Å². The van der Waals surface area contributed by atoms with Crippen molar-refractivity contribution in [3.05, 3.63) is 35.9 Å². The van der Waals surface area contributed by atoms with Gasteiger partial charge in [-0.15, -0.1) is 0 Å². The zero-order chi connectivity index (χ0) is 20.4. The lowest BCUT2D eigenvalue weighted by Crippen LogP contribution is -2.67. The molecule has 0 radical (unpaired) electrons. The van der Waals surface area contributed by atoms with E-state index in [1.54, 1.807) is 0 Å². The van der Waals surface area contributed by atoms with Gasteiger partial charge in [-0.25, -0.2) is 0 Å². The van der Waals surface area contributed by atoms with Gasteiger partial charge in [0.25, 0.3) is 0 Å². The molecule has 7 nitrogen and oxygen atoms in total. The van der Waals surface area contributed by atoms with Gasteiger partial charge in [0, 0.05) is 31.5 Å². The van der Waals surface area contributed by atoms with Crippen LogP contribution >= 0.6 is 0 Å².